The number of aromatic nitrogens is 4. The van der Waals surface area contributed by atoms with Crippen molar-refractivity contribution in [1.29, 1.82) is 0 Å². The summed E-state index contributed by atoms with van der Waals surface area (Å²) >= 11 is 0. The van der Waals surface area contributed by atoms with Gasteiger partial charge in [-0.05, 0) is 91.0 Å². The predicted octanol–water partition coefficient (Wildman–Crippen LogP) is 14.8. The average molecular weight is 777 g/mol. The topological polar surface area (TPSA) is 43.6 Å². The van der Waals surface area contributed by atoms with Gasteiger partial charge in [-0.25, -0.2) is 15.0 Å². The molecule has 61 heavy (non-hydrogen) atoms. The van der Waals surface area contributed by atoms with Crippen molar-refractivity contribution in [2.45, 2.75) is 0 Å². The van der Waals surface area contributed by atoms with Crippen LogP contribution in [-0.2, 0) is 0 Å². The molecule has 0 atom stereocenters. The van der Waals surface area contributed by atoms with Crippen LogP contribution in [0.15, 0.2) is 218 Å². The number of fused-ring (bicyclic) bond motifs is 7. The second-order valence-electron chi connectivity index (χ2n) is 15.6. The summed E-state index contributed by atoms with van der Waals surface area (Å²) in [6.45, 7) is 0. The number of hydrogen-bond acceptors (Lipinski definition) is 3. The Kier molecular flexibility index (Phi) is 8.13. The molecule has 0 fully saturated rings. The van der Waals surface area contributed by atoms with Crippen LogP contribution in [0.4, 0.5) is 0 Å². The normalized spacial score (nSPS) is 11.6. The largest absolute Gasteiger partial charge is 0.309 e. The molecule has 0 radical (unpaired) electrons. The second kappa shape index (κ2) is 14.3. The minimum atomic E-state index is 0.626. The molecule has 12 rings (SSSR count). The standard InChI is InChI=1S/C57H36N4/c1-3-16-39(17-4-1)55-58-56(40-31-29-38(30-32-40)53-46-24-10-8-18-42(46)36-50-45-23-9-7-15-37(45)33-34-48(50)53)60-57(59-55)43-20-13-19-41(35-43)47-26-14-28-52-54(47)49-25-11-12-27-51(49)61(52)44-21-5-2-6-22-44/h1-36H. The molecule has 2 aromatic heterocycles. The van der Waals surface area contributed by atoms with Gasteiger partial charge >= 0.3 is 0 Å². The van der Waals surface area contributed by atoms with E-state index in [1.165, 1.54) is 54.2 Å². The third kappa shape index (κ3) is 5.88. The zero-order valence-electron chi connectivity index (χ0n) is 33.1. The van der Waals surface area contributed by atoms with E-state index in [1.54, 1.807) is 0 Å². The Morgan fingerprint density at radius 3 is 1.64 bits per heavy atom. The third-order valence-electron chi connectivity index (χ3n) is 12.0. The molecule has 0 bridgehead atoms. The summed E-state index contributed by atoms with van der Waals surface area (Å²) in [6, 6.07) is 77.6. The van der Waals surface area contributed by atoms with E-state index in [2.05, 4.69) is 205 Å². The molecule has 4 heteroatoms. The molecule has 0 aliphatic rings. The van der Waals surface area contributed by atoms with Crippen molar-refractivity contribution < 1.29 is 0 Å². The summed E-state index contributed by atoms with van der Waals surface area (Å²) in [6.07, 6.45) is 0. The molecular weight excluding hydrogens is 741 g/mol. The van der Waals surface area contributed by atoms with Crippen LogP contribution in [0.1, 0.15) is 0 Å². The first-order valence-electron chi connectivity index (χ1n) is 20.7. The minimum absolute atomic E-state index is 0.626. The lowest BCUT2D eigenvalue weighted by Crippen LogP contribution is -2.00. The van der Waals surface area contributed by atoms with E-state index < -0.39 is 0 Å². The highest BCUT2D eigenvalue weighted by molar-refractivity contribution is 6.20. The monoisotopic (exact) mass is 776 g/mol. The molecule has 12 aromatic rings. The Bertz CT molecular complexity index is 3630. The third-order valence-corrected chi connectivity index (χ3v) is 12.0. The summed E-state index contributed by atoms with van der Waals surface area (Å²) in [4.78, 5) is 15.4. The Labute approximate surface area is 352 Å². The number of rotatable bonds is 6. The van der Waals surface area contributed by atoms with E-state index in [1.807, 2.05) is 18.2 Å². The van der Waals surface area contributed by atoms with Crippen LogP contribution in [0.3, 0.4) is 0 Å². The van der Waals surface area contributed by atoms with Crippen molar-refractivity contribution in [2.75, 3.05) is 0 Å². The maximum Gasteiger partial charge on any atom is 0.164 e. The SMILES string of the molecule is c1ccc(-c2nc(-c3ccc(-c4c5ccccc5cc5c4ccc4ccccc45)cc3)nc(-c3cccc(-c4cccc5c4c4ccccc4n5-c4ccccc4)c3)n2)cc1. The molecule has 0 spiro atoms. The van der Waals surface area contributed by atoms with Gasteiger partial charge in [0.25, 0.3) is 0 Å². The van der Waals surface area contributed by atoms with Crippen molar-refractivity contribution in [3.05, 3.63) is 218 Å². The van der Waals surface area contributed by atoms with E-state index in [4.69, 9.17) is 15.0 Å². The van der Waals surface area contributed by atoms with Crippen LogP contribution < -0.4 is 0 Å². The number of hydrogen-bond donors (Lipinski definition) is 0. The summed E-state index contributed by atoms with van der Waals surface area (Å²) in [7, 11) is 0. The van der Waals surface area contributed by atoms with Gasteiger partial charge in [-0.3, -0.25) is 0 Å². The van der Waals surface area contributed by atoms with E-state index in [-0.39, 0.29) is 0 Å². The van der Waals surface area contributed by atoms with Gasteiger partial charge < -0.3 is 4.57 Å². The number of nitrogens with zero attached hydrogens (tertiary/aromatic N) is 4. The van der Waals surface area contributed by atoms with Gasteiger partial charge in [0.05, 0.1) is 11.0 Å². The van der Waals surface area contributed by atoms with Crippen molar-refractivity contribution in [3.8, 4) is 62.1 Å². The molecule has 2 heterocycles. The lowest BCUT2D eigenvalue weighted by atomic mass is 9.89. The van der Waals surface area contributed by atoms with E-state index in [0.717, 1.165) is 44.6 Å². The molecule has 0 amide bonds. The molecule has 284 valence electrons. The van der Waals surface area contributed by atoms with Gasteiger partial charge in [0.1, 0.15) is 0 Å². The van der Waals surface area contributed by atoms with Crippen LogP contribution in [0.5, 0.6) is 0 Å². The first-order valence-corrected chi connectivity index (χ1v) is 20.7. The summed E-state index contributed by atoms with van der Waals surface area (Å²) in [5.41, 5.74) is 10.9. The van der Waals surface area contributed by atoms with Gasteiger partial charge in [0.15, 0.2) is 17.5 Å². The molecule has 0 aliphatic heterocycles. The van der Waals surface area contributed by atoms with E-state index in [9.17, 15) is 0 Å². The van der Waals surface area contributed by atoms with Gasteiger partial charge in [-0.1, -0.05) is 182 Å². The molecule has 0 N–H and O–H groups in total. The summed E-state index contributed by atoms with van der Waals surface area (Å²) in [5.74, 6) is 1.89. The first kappa shape index (κ1) is 34.8. The van der Waals surface area contributed by atoms with Crippen molar-refractivity contribution in [1.82, 2.24) is 19.5 Å². The van der Waals surface area contributed by atoms with E-state index in [0.29, 0.717) is 17.5 Å². The fourth-order valence-corrected chi connectivity index (χ4v) is 9.21. The zero-order valence-corrected chi connectivity index (χ0v) is 33.1. The van der Waals surface area contributed by atoms with Gasteiger partial charge in [0, 0.05) is 33.2 Å². The molecule has 0 unspecified atom stereocenters. The zero-order chi connectivity index (χ0) is 40.3. The Balaban J connectivity index is 0.995. The lowest BCUT2D eigenvalue weighted by molar-refractivity contribution is 1.07. The Hall–Kier alpha value is -8.21. The van der Waals surface area contributed by atoms with Crippen LogP contribution in [-0.4, -0.2) is 19.5 Å². The van der Waals surface area contributed by atoms with Gasteiger partial charge in [-0.2, -0.15) is 0 Å². The molecule has 10 aromatic carbocycles. The van der Waals surface area contributed by atoms with Gasteiger partial charge in [0.2, 0.25) is 0 Å². The van der Waals surface area contributed by atoms with Crippen LogP contribution in [0, 0.1) is 0 Å². The van der Waals surface area contributed by atoms with E-state index >= 15 is 0 Å². The maximum absolute atomic E-state index is 5.20. The first-order chi connectivity index (χ1) is 30.2. The number of para-hydroxylation sites is 2. The average Bonchev–Trinajstić information content (AvgIpc) is 3.68. The minimum Gasteiger partial charge on any atom is -0.309 e. The Morgan fingerprint density at radius 1 is 0.295 bits per heavy atom. The fraction of sp³-hybridized carbons (Fsp3) is 0. The van der Waals surface area contributed by atoms with Crippen molar-refractivity contribution >= 4 is 54.1 Å². The van der Waals surface area contributed by atoms with Crippen molar-refractivity contribution in [2.24, 2.45) is 0 Å². The highest BCUT2D eigenvalue weighted by Crippen LogP contribution is 2.41. The van der Waals surface area contributed by atoms with Gasteiger partial charge in [-0.15, -0.1) is 0 Å². The lowest BCUT2D eigenvalue weighted by Gasteiger charge is -2.14. The predicted molar refractivity (Wildman–Crippen MR) is 254 cm³/mol. The van der Waals surface area contributed by atoms with Crippen molar-refractivity contribution in [3.63, 3.8) is 0 Å². The highest BCUT2D eigenvalue weighted by atomic mass is 15.0. The molecule has 0 saturated carbocycles. The quantitative estimate of drug-likeness (QED) is 0.125. The smallest absolute Gasteiger partial charge is 0.164 e. The van der Waals surface area contributed by atoms with Crippen LogP contribution in [0.25, 0.3) is 116 Å². The highest BCUT2D eigenvalue weighted by Gasteiger charge is 2.18. The summed E-state index contributed by atoms with van der Waals surface area (Å²) in [5, 5.41) is 9.87. The van der Waals surface area contributed by atoms with Crippen LogP contribution >= 0.6 is 0 Å². The summed E-state index contributed by atoms with van der Waals surface area (Å²) < 4.78 is 2.36. The molecule has 0 saturated heterocycles. The fourth-order valence-electron chi connectivity index (χ4n) is 9.21. The molecule has 4 nitrogen and oxygen atoms in total. The molecular formula is C57H36N4. The maximum atomic E-state index is 5.20. The Morgan fingerprint density at radius 2 is 0.852 bits per heavy atom. The molecule has 0 aliphatic carbocycles. The van der Waals surface area contributed by atoms with Crippen LogP contribution in [0.2, 0.25) is 0 Å². The number of benzene rings is 10. The second-order valence-corrected chi connectivity index (χ2v) is 15.6.